The molecule has 5 heteroatoms. The van der Waals surface area contributed by atoms with Crippen molar-refractivity contribution in [1.82, 2.24) is 9.97 Å². The van der Waals surface area contributed by atoms with Crippen molar-refractivity contribution in [2.24, 2.45) is 0 Å². The Morgan fingerprint density at radius 3 is 2.79 bits per heavy atom. The Hall–Kier alpha value is -1.65. The summed E-state index contributed by atoms with van der Waals surface area (Å²) >= 11 is 0. The van der Waals surface area contributed by atoms with Gasteiger partial charge in [-0.15, -0.1) is 0 Å². The molecule has 0 saturated carbocycles. The monoisotopic (exact) mass is 195 g/mol. The predicted octanol–water partition coefficient (Wildman–Crippen LogP) is 0.980. The fourth-order valence-corrected chi connectivity index (χ4v) is 0.925. The summed E-state index contributed by atoms with van der Waals surface area (Å²) in [5, 5.41) is 11.3. The highest BCUT2D eigenvalue weighted by Gasteiger charge is 2.00. The largest absolute Gasteiger partial charge is 0.481 e. The smallest absolute Gasteiger partial charge is 0.305 e. The normalized spacial score (nSPS) is 9.86. The van der Waals surface area contributed by atoms with E-state index in [2.05, 4.69) is 15.3 Å². The van der Waals surface area contributed by atoms with Crippen LogP contribution in [-0.4, -0.2) is 27.6 Å². The van der Waals surface area contributed by atoms with E-state index in [-0.39, 0.29) is 6.42 Å². The highest BCUT2D eigenvalue weighted by molar-refractivity contribution is 5.67. The van der Waals surface area contributed by atoms with Crippen LogP contribution in [0.2, 0.25) is 0 Å². The quantitative estimate of drug-likeness (QED) is 0.749. The maximum atomic E-state index is 10.2. The first-order chi connectivity index (χ1) is 6.59. The predicted molar refractivity (Wildman–Crippen MR) is 52.2 cm³/mol. The van der Waals surface area contributed by atoms with Gasteiger partial charge in [0.05, 0.1) is 24.0 Å². The number of anilines is 1. The van der Waals surface area contributed by atoms with Crippen molar-refractivity contribution in [2.75, 3.05) is 11.9 Å². The molecule has 2 N–H and O–H groups in total. The second-order valence-corrected chi connectivity index (χ2v) is 3.00. The zero-order chi connectivity index (χ0) is 10.6. The number of hydrogen-bond acceptors (Lipinski definition) is 4. The number of hydrogen-bond donors (Lipinski definition) is 2. The van der Waals surface area contributed by atoms with Gasteiger partial charge in [-0.2, -0.15) is 0 Å². The molecule has 0 aliphatic carbocycles. The molecule has 1 aromatic rings. The third-order valence-electron chi connectivity index (χ3n) is 1.84. The molecule has 0 radical (unpaired) electrons. The molecule has 0 spiro atoms. The summed E-state index contributed by atoms with van der Waals surface area (Å²) in [5.41, 5.74) is 1.74. The van der Waals surface area contributed by atoms with Crippen LogP contribution >= 0.6 is 0 Å². The first kappa shape index (κ1) is 10.4. The highest BCUT2D eigenvalue weighted by Crippen LogP contribution is 2.05. The molecule has 5 nitrogen and oxygen atoms in total. The summed E-state index contributed by atoms with van der Waals surface area (Å²) < 4.78 is 0. The van der Waals surface area contributed by atoms with E-state index in [0.29, 0.717) is 12.4 Å². The van der Waals surface area contributed by atoms with Crippen molar-refractivity contribution in [3.63, 3.8) is 0 Å². The molecule has 0 atom stereocenters. The lowest BCUT2D eigenvalue weighted by molar-refractivity contribution is -0.136. The summed E-state index contributed by atoms with van der Waals surface area (Å²) in [5.74, 6) is -0.205. The molecule has 1 heterocycles. The van der Waals surface area contributed by atoms with Crippen LogP contribution < -0.4 is 5.32 Å². The Bertz CT molecular complexity index is 339. The van der Waals surface area contributed by atoms with Crippen molar-refractivity contribution in [3.05, 3.63) is 17.6 Å². The molecule has 0 aliphatic rings. The molecule has 14 heavy (non-hydrogen) atoms. The van der Waals surface area contributed by atoms with Crippen LogP contribution in [0.3, 0.4) is 0 Å². The van der Waals surface area contributed by atoms with E-state index in [4.69, 9.17) is 5.11 Å². The molecule has 0 saturated heterocycles. The molecule has 0 aromatic carbocycles. The summed E-state index contributed by atoms with van der Waals surface area (Å²) in [6.45, 7) is 4.11. The molecular formula is C9H13N3O2. The van der Waals surface area contributed by atoms with Gasteiger partial charge in [0, 0.05) is 6.54 Å². The molecule has 76 valence electrons. The summed E-state index contributed by atoms with van der Waals surface area (Å²) in [4.78, 5) is 18.5. The van der Waals surface area contributed by atoms with Gasteiger partial charge in [0.25, 0.3) is 0 Å². The Labute approximate surface area is 82.2 Å². The maximum Gasteiger partial charge on any atom is 0.305 e. The lowest BCUT2D eigenvalue weighted by Gasteiger charge is -2.05. The number of nitrogens with zero attached hydrogens (tertiary/aromatic N) is 2. The number of aliphatic carboxylic acids is 1. The van der Waals surface area contributed by atoms with Crippen LogP contribution in [0.25, 0.3) is 0 Å². The summed E-state index contributed by atoms with van der Waals surface area (Å²) in [7, 11) is 0. The van der Waals surface area contributed by atoms with E-state index < -0.39 is 5.97 Å². The van der Waals surface area contributed by atoms with Crippen molar-refractivity contribution in [3.8, 4) is 0 Å². The van der Waals surface area contributed by atoms with Crippen LogP contribution in [0, 0.1) is 13.8 Å². The van der Waals surface area contributed by atoms with Gasteiger partial charge in [-0.25, -0.2) is 4.98 Å². The average Bonchev–Trinajstić information content (AvgIpc) is 2.10. The van der Waals surface area contributed by atoms with E-state index in [9.17, 15) is 4.79 Å². The minimum atomic E-state index is -0.825. The van der Waals surface area contributed by atoms with Crippen LogP contribution in [0.15, 0.2) is 6.20 Å². The molecule has 0 fully saturated rings. The third kappa shape index (κ3) is 3.01. The Morgan fingerprint density at radius 1 is 1.50 bits per heavy atom. The molecule has 0 aliphatic heterocycles. The Kier molecular flexibility index (Phi) is 3.39. The first-order valence-electron chi connectivity index (χ1n) is 4.35. The van der Waals surface area contributed by atoms with Crippen LogP contribution in [-0.2, 0) is 4.79 Å². The first-order valence-corrected chi connectivity index (χ1v) is 4.35. The Morgan fingerprint density at radius 2 is 2.21 bits per heavy atom. The summed E-state index contributed by atoms with van der Waals surface area (Å²) in [6, 6.07) is 0. The molecular weight excluding hydrogens is 182 g/mol. The number of aryl methyl sites for hydroxylation is 2. The maximum absolute atomic E-state index is 10.2. The van der Waals surface area contributed by atoms with Crippen molar-refractivity contribution < 1.29 is 9.90 Å². The van der Waals surface area contributed by atoms with Crippen molar-refractivity contribution >= 4 is 11.8 Å². The highest BCUT2D eigenvalue weighted by atomic mass is 16.4. The topological polar surface area (TPSA) is 75.1 Å². The van der Waals surface area contributed by atoms with Crippen molar-refractivity contribution in [2.45, 2.75) is 20.3 Å². The van der Waals surface area contributed by atoms with E-state index in [1.807, 2.05) is 13.8 Å². The third-order valence-corrected chi connectivity index (χ3v) is 1.84. The second kappa shape index (κ2) is 4.55. The van der Waals surface area contributed by atoms with E-state index in [0.717, 1.165) is 11.4 Å². The van der Waals surface area contributed by atoms with E-state index in [1.54, 1.807) is 6.20 Å². The number of carbonyl (C=O) groups is 1. The van der Waals surface area contributed by atoms with Crippen LogP contribution in [0.1, 0.15) is 17.8 Å². The number of aromatic nitrogens is 2. The lowest BCUT2D eigenvalue weighted by Crippen LogP contribution is -2.09. The molecule has 1 aromatic heterocycles. The standard InChI is InChI=1S/C9H13N3O2/c1-6-7(2)12-8(5-11-6)10-4-3-9(13)14/h5H,3-4H2,1-2H3,(H,10,12)(H,13,14). The zero-order valence-corrected chi connectivity index (χ0v) is 8.24. The van der Waals surface area contributed by atoms with Gasteiger partial charge in [0.1, 0.15) is 5.82 Å². The van der Waals surface area contributed by atoms with Gasteiger partial charge in [-0.1, -0.05) is 0 Å². The van der Waals surface area contributed by atoms with Gasteiger partial charge >= 0.3 is 5.97 Å². The number of carboxylic acids is 1. The molecule has 0 amide bonds. The van der Waals surface area contributed by atoms with Gasteiger partial charge in [-0.3, -0.25) is 9.78 Å². The summed E-state index contributed by atoms with van der Waals surface area (Å²) in [6.07, 6.45) is 1.68. The van der Waals surface area contributed by atoms with Gasteiger partial charge in [0.2, 0.25) is 0 Å². The number of nitrogens with one attached hydrogen (secondary N) is 1. The minimum Gasteiger partial charge on any atom is -0.481 e. The van der Waals surface area contributed by atoms with Gasteiger partial charge < -0.3 is 10.4 Å². The van der Waals surface area contributed by atoms with E-state index >= 15 is 0 Å². The van der Waals surface area contributed by atoms with Gasteiger partial charge in [-0.05, 0) is 13.8 Å². The fourth-order valence-electron chi connectivity index (χ4n) is 0.925. The van der Waals surface area contributed by atoms with Gasteiger partial charge in [0.15, 0.2) is 0 Å². The number of carboxylic acid groups (broad SMARTS) is 1. The fraction of sp³-hybridized carbons (Fsp3) is 0.444. The molecule has 0 bridgehead atoms. The lowest BCUT2D eigenvalue weighted by atomic mass is 10.3. The van der Waals surface area contributed by atoms with Crippen LogP contribution in [0.5, 0.6) is 0 Å². The average molecular weight is 195 g/mol. The van der Waals surface area contributed by atoms with Crippen molar-refractivity contribution in [1.29, 1.82) is 0 Å². The molecule has 1 rings (SSSR count). The zero-order valence-electron chi connectivity index (χ0n) is 8.24. The number of rotatable bonds is 4. The van der Waals surface area contributed by atoms with E-state index in [1.165, 1.54) is 0 Å². The Balaban J connectivity index is 2.51. The van der Waals surface area contributed by atoms with Crippen LogP contribution in [0.4, 0.5) is 5.82 Å². The minimum absolute atomic E-state index is 0.0780. The second-order valence-electron chi connectivity index (χ2n) is 3.00. The SMILES string of the molecule is Cc1ncc(NCCC(=O)O)nc1C. The molecule has 0 unspecified atom stereocenters.